The highest BCUT2D eigenvalue weighted by Crippen LogP contribution is 2.37. The molecule has 2 aromatic rings. The first-order chi connectivity index (χ1) is 12.5. The van der Waals surface area contributed by atoms with Crippen LogP contribution in [0.3, 0.4) is 0 Å². The molecule has 0 atom stereocenters. The summed E-state index contributed by atoms with van der Waals surface area (Å²) in [5, 5.41) is 2.65. The van der Waals surface area contributed by atoms with Crippen molar-refractivity contribution >= 4 is 17.6 Å². The molecule has 1 aliphatic rings. The highest BCUT2D eigenvalue weighted by Gasteiger charge is 2.43. The van der Waals surface area contributed by atoms with E-state index >= 15 is 0 Å². The molecule has 0 saturated carbocycles. The van der Waals surface area contributed by atoms with Gasteiger partial charge in [0.2, 0.25) is 5.91 Å². The minimum absolute atomic E-state index is 0.179. The van der Waals surface area contributed by atoms with Gasteiger partial charge < -0.3 is 14.8 Å². The molecule has 6 heteroatoms. The number of carbonyl (C=O) groups is 2. The first-order valence-corrected chi connectivity index (χ1v) is 8.43. The standard InChI is InChI=1S/C20H20FNO4/c1-14(23)22-17-5-7-18(8-6-17)26-19(24)20(9-11-25-12-10-20)15-3-2-4-16(21)13-15/h2-8,13H,9-12H2,1H3,(H,22,23). The second-order valence-electron chi connectivity index (χ2n) is 6.30. The van der Waals surface area contributed by atoms with E-state index < -0.39 is 11.4 Å². The maximum atomic E-state index is 13.7. The zero-order chi connectivity index (χ0) is 18.6. The molecular weight excluding hydrogens is 337 g/mol. The van der Waals surface area contributed by atoms with Gasteiger partial charge in [-0.25, -0.2) is 4.39 Å². The number of hydrogen-bond acceptors (Lipinski definition) is 4. The van der Waals surface area contributed by atoms with Crippen LogP contribution < -0.4 is 10.1 Å². The molecule has 0 unspecified atom stereocenters. The van der Waals surface area contributed by atoms with Crippen LogP contribution in [0.4, 0.5) is 10.1 Å². The molecule has 1 saturated heterocycles. The number of amides is 1. The van der Waals surface area contributed by atoms with Gasteiger partial charge in [-0.05, 0) is 54.8 Å². The van der Waals surface area contributed by atoms with Crippen molar-refractivity contribution in [3.05, 3.63) is 59.9 Å². The number of nitrogens with one attached hydrogen (secondary N) is 1. The number of halogens is 1. The Bertz CT molecular complexity index is 798. The first kappa shape index (κ1) is 18.1. The van der Waals surface area contributed by atoms with Crippen LogP contribution in [-0.4, -0.2) is 25.1 Å². The molecule has 1 N–H and O–H groups in total. The average Bonchev–Trinajstić information content (AvgIpc) is 2.63. The maximum absolute atomic E-state index is 13.7. The topological polar surface area (TPSA) is 64.6 Å². The SMILES string of the molecule is CC(=O)Nc1ccc(OC(=O)C2(c3cccc(F)c3)CCOCC2)cc1. The molecule has 136 valence electrons. The van der Waals surface area contributed by atoms with Crippen molar-refractivity contribution in [3.63, 3.8) is 0 Å². The monoisotopic (exact) mass is 357 g/mol. The normalized spacial score (nSPS) is 15.9. The fourth-order valence-electron chi connectivity index (χ4n) is 3.13. The smallest absolute Gasteiger partial charge is 0.322 e. The molecule has 0 spiro atoms. The molecule has 3 rings (SSSR count). The molecule has 0 bridgehead atoms. The molecule has 26 heavy (non-hydrogen) atoms. The predicted octanol–water partition coefficient (Wildman–Crippen LogP) is 3.44. The second-order valence-corrected chi connectivity index (χ2v) is 6.30. The lowest BCUT2D eigenvalue weighted by Gasteiger charge is -2.35. The predicted molar refractivity (Wildman–Crippen MR) is 94.5 cm³/mol. The highest BCUT2D eigenvalue weighted by molar-refractivity contribution is 5.89. The van der Waals surface area contributed by atoms with Crippen molar-refractivity contribution < 1.29 is 23.5 Å². The van der Waals surface area contributed by atoms with Crippen LogP contribution in [0.5, 0.6) is 5.75 Å². The van der Waals surface area contributed by atoms with Crippen molar-refractivity contribution in [2.45, 2.75) is 25.2 Å². The molecule has 1 fully saturated rings. The molecule has 2 aromatic carbocycles. The number of anilines is 1. The highest BCUT2D eigenvalue weighted by atomic mass is 19.1. The zero-order valence-electron chi connectivity index (χ0n) is 14.5. The minimum Gasteiger partial charge on any atom is -0.426 e. The Labute approximate surface area is 151 Å². The van der Waals surface area contributed by atoms with Crippen LogP contribution in [0.2, 0.25) is 0 Å². The van der Waals surface area contributed by atoms with Crippen molar-refractivity contribution in [2.24, 2.45) is 0 Å². The molecule has 1 aliphatic heterocycles. The Morgan fingerprint density at radius 1 is 1.12 bits per heavy atom. The fraction of sp³-hybridized carbons (Fsp3) is 0.300. The number of esters is 1. The number of ether oxygens (including phenoxy) is 2. The quantitative estimate of drug-likeness (QED) is 0.672. The number of carbonyl (C=O) groups excluding carboxylic acids is 2. The van der Waals surface area contributed by atoms with Gasteiger partial charge in [0.05, 0.1) is 5.41 Å². The largest absolute Gasteiger partial charge is 0.426 e. The Morgan fingerprint density at radius 3 is 2.42 bits per heavy atom. The third kappa shape index (κ3) is 3.91. The average molecular weight is 357 g/mol. The molecule has 0 aliphatic carbocycles. The van der Waals surface area contributed by atoms with Gasteiger partial charge >= 0.3 is 5.97 Å². The van der Waals surface area contributed by atoms with Crippen molar-refractivity contribution in [1.82, 2.24) is 0 Å². The summed E-state index contributed by atoms with van der Waals surface area (Å²) >= 11 is 0. The Balaban J connectivity index is 1.83. The van der Waals surface area contributed by atoms with Crippen LogP contribution >= 0.6 is 0 Å². The van der Waals surface area contributed by atoms with E-state index in [1.807, 2.05) is 0 Å². The van der Waals surface area contributed by atoms with Crippen LogP contribution in [-0.2, 0) is 19.7 Å². The van der Waals surface area contributed by atoms with Crippen molar-refractivity contribution in [3.8, 4) is 5.75 Å². The van der Waals surface area contributed by atoms with Crippen LogP contribution in [0.15, 0.2) is 48.5 Å². The van der Waals surface area contributed by atoms with Gasteiger partial charge in [0.15, 0.2) is 0 Å². The molecule has 0 radical (unpaired) electrons. The Morgan fingerprint density at radius 2 is 1.81 bits per heavy atom. The molecule has 1 heterocycles. The third-order valence-electron chi connectivity index (χ3n) is 4.50. The van der Waals surface area contributed by atoms with E-state index in [9.17, 15) is 14.0 Å². The lowest BCUT2D eigenvalue weighted by molar-refractivity contribution is -0.145. The summed E-state index contributed by atoms with van der Waals surface area (Å²) in [7, 11) is 0. The van der Waals surface area contributed by atoms with E-state index in [4.69, 9.17) is 9.47 Å². The molecular formula is C20H20FNO4. The van der Waals surface area contributed by atoms with E-state index in [0.29, 0.717) is 43.1 Å². The second kappa shape index (κ2) is 7.66. The van der Waals surface area contributed by atoms with E-state index in [2.05, 4.69) is 5.32 Å². The number of hydrogen-bond donors (Lipinski definition) is 1. The van der Waals surface area contributed by atoms with Gasteiger partial charge in [-0.2, -0.15) is 0 Å². The number of rotatable bonds is 4. The van der Waals surface area contributed by atoms with Gasteiger partial charge in [-0.3, -0.25) is 9.59 Å². The summed E-state index contributed by atoms with van der Waals surface area (Å²) in [5.74, 6) is -0.632. The van der Waals surface area contributed by atoms with E-state index in [1.165, 1.54) is 19.1 Å². The van der Waals surface area contributed by atoms with E-state index in [1.54, 1.807) is 36.4 Å². The summed E-state index contributed by atoms with van der Waals surface area (Å²) < 4.78 is 24.7. The van der Waals surface area contributed by atoms with Crippen LogP contribution in [0.25, 0.3) is 0 Å². The fourth-order valence-corrected chi connectivity index (χ4v) is 3.13. The van der Waals surface area contributed by atoms with E-state index in [-0.39, 0.29) is 11.7 Å². The van der Waals surface area contributed by atoms with Gasteiger partial charge in [-0.15, -0.1) is 0 Å². The van der Waals surface area contributed by atoms with Crippen LogP contribution in [0.1, 0.15) is 25.3 Å². The Kier molecular flexibility index (Phi) is 5.32. The minimum atomic E-state index is -0.934. The van der Waals surface area contributed by atoms with E-state index in [0.717, 1.165) is 0 Å². The lowest BCUT2D eigenvalue weighted by Crippen LogP contribution is -2.44. The summed E-state index contributed by atoms with van der Waals surface area (Å²) in [6.45, 7) is 2.24. The van der Waals surface area contributed by atoms with Gasteiger partial charge in [0.25, 0.3) is 0 Å². The van der Waals surface area contributed by atoms with Crippen molar-refractivity contribution in [2.75, 3.05) is 18.5 Å². The lowest BCUT2D eigenvalue weighted by atomic mass is 9.74. The third-order valence-corrected chi connectivity index (χ3v) is 4.50. The molecule has 5 nitrogen and oxygen atoms in total. The summed E-state index contributed by atoms with van der Waals surface area (Å²) in [6.07, 6.45) is 0.860. The van der Waals surface area contributed by atoms with Gasteiger partial charge in [0.1, 0.15) is 11.6 Å². The molecule has 1 amide bonds. The number of benzene rings is 2. The summed E-state index contributed by atoms with van der Waals surface area (Å²) in [5.41, 5.74) is 0.278. The molecule has 0 aromatic heterocycles. The zero-order valence-corrected chi connectivity index (χ0v) is 14.5. The Hall–Kier alpha value is -2.73. The summed E-state index contributed by atoms with van der Waals surface area (Å²) in [6, 6.07) is 12.6. The van der Waals surface area contributed by atoms with Crippen LogP contribution in [0, 0.1) is 5.82 Å². The first-order valence-electron chi connectivity index (χ1n) is 8.43. The van der Waals surface area contributed by atoms with Gasteiger partial charge in [0, 0.05) is 25.8 Å². The summed E-state index contributed by atoms with van der Waals surface area (Å²) in [4.78, 5) is 24.1. The maximum Gasteiger partial charge on any atom is 0.322 e. The van der Waals surface area contributed by atoms with Crippen molar-refractivity contribution in [1.29, 1.82) is 0 Å². The van der Waals surface area contributed by atoms with Gasteiger partial charge in [-0.1, -0.05) is 12.1 Å².